The van der Waals surface area contributed by atoms with E-state index in [1.807, 2.05) is 6.20 Å². The van der Waals surface area contributed by atoms with Gasteiger partial charge in [0.15, 0.2) is 5.95 Å². The molecule has 0 aliphatic heterocycles. The van der Waals surface area contributed by atoms with Crippen molar-refractivity contribution in [3.8, 4) is 0 Å². The van der Waals surface area contributed by atoms with E-state index in [1.165, 1.54) is 32.1 Å². The molecule has 3 heteroatoms. The third kappa shape index (κ3) is 2.28. The molecule has 2 atom stereocenters. The summed E-state index contributed by atoms with van der Waals surface area (Å²) < 4.78 is 0. The van der Waals surface area contributed by atoms with Gasteiger partial charge in [0.1, 0.15) is 0 Å². The number of aromatic amines is 1. The second-order valence-electron chi connectivity index (χ2n) is 4.30. The third-order valence-corrected chi connectivity index (χ3v) is 3.18. The maximum absolute atomic E-state index is 4.21. The molecule has 1 fully saturated rings. The van der Waals surface area contributed by atoms with Crippen LogP contribution in [0.4, 0.5) is 5.95 Å². The minimum Gasteiger partial charge on any atom is -0.353 e. The molecule has 14 heavy (non-hydrogen) atoms. The molecule has 3 nitrogen and oxygen atoms in total. The first-order chi connectivity index (χ1) is 6.86. The lowest BCUT2D eigenvalue weighted by atomic mass is 9.97. The van der Waals surface area contributed by atoms with E-state index in [2.05, 4.69) is 22.2 Å². The van der Waals surface area contributed by atoms with E-state index < -0.39 is 0 Å². The molecule has 2 N–H and O–H groups in total. The van der Waals surface area contributed by atoms with E-state index in [1.54, 1.807) is 6.20 Å². The van der Waals surface area contributed by atoms with Crippen LogP contribution in [-0.2, 0) is 0 Å². The van der Waals surface area contributed by atoms with Gasteiger partial charge in [-0.1, -0.05) is 26.2 Å². The highest BCUT2D eigenvalue weighted by atomic mass is 15.1. The number of imidazole rings is 1. The molecule has 0 radical (unpaired) electrons. The predicted octanol–water partition coefficient (Wildman–Crippen LogP) is 2.79. The highest BCUT2D eigenvalue weighted by molar-refractivity contribution is 5.25. The Balaban J connectivity index is 1.94. The summed E-state index contributed by atoms with van der Waals surface area (Å²) in [6, 6.07) is 0.601. The zero-order valence-corrected chi connectivity index (χ0v) is 8.79. The van der Waals surface area contributed by atoms with Gasteiger partial charge < -0.3 is 10.3 Å². The molecule has 1 aliphatic rings. The average Bonchev–Trinajstić information content (AvgIpc) is 2.60. The number of hydrogen-bond donors (Lipinski definition) is 2. The number of aromatic nitrogens is 2. The van der Waals surface area contributed by atoms with Gasteiger partial charge in [0.25, 0.3) is 0 Å². The summed E-state index contributed by atoms with van der Waals surface area (Å²) >= 11 is 0. The van der Waals surface area contributed by atoms with Crippen molar-refractivity contribution in [1.29, 1.82) is 0 Å². The minimum atomic E-state index is 0.601. The predicted molar refractivity (Wildman–Crippen MR) is 58.2 cm³/mol. The van der Waals surface area contributed by atoms with E-state index in [9.17, 15) is 0 Å². The van der Waals surface area contributed by atoms with E-state index in [-0.39, 0.29) is 0 Å². The van der Waals surface area contributed by atoms with E-state index in [0.29, 0.717) is 6.04 Å². The largest absolute Gasteiger partial charge is 0.353 e. The van der Waals surface area contributed by atoms with Crippen molar-refractivity contribution in [2.45, 2.75) is 45.1 Å². The van der Waals surface area contributed by atoms with Gasteiger partial charge >= 0.3 is 0 Å². The molecule has 1 aromatic rings. The molecule has 78 valence electrons. The Bertz CT molecular complexity index is 256. The van der Waals surface area contributed by atoms with Crippen LogP contribution in [0.1, 0.15) is 39.0 Å². The van der Waals surface area contributed by atoms with Gasteiger partial charge in [-0.2, -0.15) is 0 Å². The fourth-order valence-electron chi connectivity index (χ4n) is 2.23. The number of nitrogens with one attached hydrogen (secondary N) is 2. The van der Waals surface area contributed by atoms with Gasteiger partial charge in [-0.25, -0.2) is 4.98 Å². The Kier molecular flexibility index (Phi) is 3.07. The highest BCUT2D eigenvalue weighted by Crippen LogP contribution is 2.24. The second kappa shape index (κ2) is 4.49. The Hall–Kier alpha value is -0.990. The zero-order valence-electron chi connectivity index (χ0n) is 8.79. The molecule has 1 aliphatic carbocycles. The molecular formula is C11H19N3. The van der Waals surface area contributed by atoms with Gasteiger partial charge in [0, 0.05) is 18.4 Å². The SMILES string of the molecule is CC1CCCCCC1Nc1ncc[nH]1. The number of anilines is 1. The fourth-order valence-corrected chi connectivity index (χ4v) is 2.23. The smallest absolute Gasteiger partial charge is 0.200 e. The summed E-state index contributed by atoms with van der Waals surface area (Å²) in [5.74, 6) is 1.69. The number of nitrogens with zero attached hydrogens (tertiary/aromatic N) is 1. The van der Waals surface area contributed by atoms with Crippen LogP contribution in [-0.4, -0.2) is 16.0 Å². The number of rotatable bonds is 2. The summed E-state index contributed by atoms with van der Waals surface area (Å²) in [6.07, 6.45) is 10.4. The maximum atomic E-state index is 4.21. The highest BCUT2D eigenvalue weighted by Gasteiger charge is 2.19. The summed E-state index contributed by atoms with van der Waals surface area (Å²) in [6.45, 7) is 2.34. The molecule has 1 heterocycles. The van der Waals surface area contributed by atoms with E-state index in [4.69, 9.17) is 0 Å². The summed E-state index contributed by atoms with van der Waals surface area (Å²) in [4.78, 5) is 7.31. The molecule has 0 aromatic carbocycles. The number of hydrogen-bond acceptors (Lipinski definition) is 2. The lowest BCUT2D eigenvalue weighted by Gasteiger charge is -2.22. The Morgan fingerprint density at radius 1 is 1.36 bits per heavy atom. The van der Waals surface area contributed by atoms with Gasteiger partial charge in [-0.05, 0) is 18.8 Å². The number of H-pyrrole nitrogens is 1. The van der Waals surface area contributed by atoms with Gasteiger partial charge in [0.05, 0.1) is 0 Å². The summed E-state index contributed by atoms with van der Waals surface area (Å²) in [5, 5.41) is 3.48. The van der Waals surface area contributed by atoms with Crippen LogP contribution in [0, 0.1) is 5.92 Å². The van der Waals surface area contributed by atoms with Crippen molar-refractivity contribution in [2.24, 2.45) is 5.92 Å². The molecule has 0 bridgehead atoms. The van der Waals surface area contributed by atoms with Crippen LogP contribution in [0.2, 0.25) is 0 Å². The van der Waals surface area contributed by atoms with Crippen molar-refractivity contribution >= 4 is 5.95 Å². The van der Waals surface area contributed by atoms with Crippen molar-refractivity contribution < 1.29 is 0 Å². The van der Waals surface area contributed by atoms with Gasteiger partial charge in [-0.3, -0.25) is 0 Å². The van der Waals surface area contributed by atoms with Crippen LogP contribution in [0.25, 0.3) is 0 Å². The summed E-state index contributed by atoms with van der Waals surface area (Å²) in [5.41, 5.74) is 0. The Labute approximate surface area is 85.3 Å². The quantitative estimate of drug-likeness (QED) is 0.709. The molecule has 1 saturated carbocycles. The summed E-state index contributed by atoms with van der Waals surface area (Å²) in [7, 11) is 0. The fraction of sp³-hybridized carbons (Fsp3) is 0.727. The topological polar surface area (TPSA) is 40.7 Å². The van der Waals surface area contributed by atoms with E-state index in [0.717, 1.165) is 11.9 Å². The van der Waals surface area contributed by atoms with Crippen molar-refractivity contribution in [1.82, 2.24) is 9.97 Å². The van der Waals surface area contributed by atoms with Crippen LogP contribution >= 0.6 is 0 Å². The molecule has 2 rings (SSSR count). The lowest BCUT2D eigenvalue weighted by Crippen LogP contribution is -2.26. The minimum absolute atomic E-state index is 0.601. The van der Waals surface area contributed by atoms with Crippen LogP contribution in [0.15, 0.2) is 12.4 Å². The molecular weight excluding hydrogens is 174 g/mol. The zero-order chi connectivity index (χ0) is 9.80. The molecule has 0 saturated heterocycles. The van der Waals surface area contributed by atoms with Crippen LogP contribution in [0.3, 0.4) is 0 Å². The van der Waals surface area contributed by atoms with Gasteiger partial charge in [-0.15, -0.1) is 0 Å². The second-order valence-corrected chi connectivity index (χ2v) is 4.30. The van der Waals surface area contributed by atoms with Crippen LogP contribution in [0.5, 0.6) is 0 Å². The van der Waals surface area contributed by atoms with Crippen LogP contribution < -0.4 is 5.32 Å². The molecule has 0 amide bonds. The van der Waals surface area contributed by atoms with Gasteiger partial charge in [0.2, 0.25) is 0 Å². The van der Waals surface area contributed by atoms with E-state index >= 15 is 0 Å². The first-order valence-electron chi connectivity index (χ1n) is 5.62. The monoisotopic (exact) mass is 193 g/mol. The lowest BCUT2D eigenvalue weighted by molar-refractivity contribution is 0.455. The Morgan fingerprint density at radius 2 is 2.21 bits per heavy atom. The maximum Gasteiger partial charge on any atom is 0.200 e. The van der Waals surface area contributed by atoms with Crippen molar-refractivity contribution in [3.05, 3.63) is 12.4 Å². The molecule has 2 unspecified atom stereocenters. The first-order valence-corrected chi connectivity index (χ1v) is 5.62. The average molecular weight is 193 g/mol. The Morgan fingerprint density at radius 3 is 3.00 bits per heavy atom. The molecule has 0 spiro atoms. The third-order valence-electron chi connectivity index (χ3n) is 3.18. The first kappa shape index (κ1) is 9.56. The van der Waals surface area contributed by atoms with Crippen molar-refractivity contribution in [3.63, 3.8) is 0 Å². The van der Waals surface area contributed by atoms with Crippen molar-refractivity contribution in [2.75, 3.05) is 5.32 Å². The molecule has 1 aromatic heterocycles. The standard InChI is InChI=1S/C11H19N3/c1-9-5-3-2-4-6-10(9)14-11-12-7-8-13-11/h7-10H,2-6H2,1H3,(H2,12,13,14). The normalized spacial score (nSPS) is 28.4.